The predicted octanol–water partition coefficient (Wildman–Crippen LogP) is 4.23. The van der Waals surface area contributed by atoms with E-state index >= 15 is 0 Å². The molecule has 1 aliphatic carbocycles. The van der Waals surface area contributed by atoms with Crippen LogP contribution in [0.15, 0.2) is 28.9 Å². The second kappa shape index (κ2) is 10.1. The fraction of sp³-hybridized carbons (Fsp3) is 0.609. The molecule has 2 aliphatic rings. The predicted molar refractivity (Wildman–Crippen MR) is 115 cm³/mol. The Morgan fingerprint density at radius 2 is 1.83 bits per heavy atom. The van der Waals surface area contributed by atoms with Gasteiger partial charge in [-0.1, -0.05) is 11.2 Å². The summed E-state index contributed by atoms with van der Waals surface area (Å²) >= 11 is 0. The van der Waals surface area contributed by atoms with Crippen LogP contribution in [0.25, 0.3) is 6.08 Å². The van der Waals surface area contributed by atoms with Crippen LogP contribution < -0.4 is 9.47 Å². The number of aliphatic hydroxyl groups is 1. The quantitative estimate of drug-likeness (QED) is 0.660. The summed E-state index contributed by atoms with van der Waals surface area (Å²) in [5, 5.41) is 14.7. The van der Waals surface area contributed by atoms with Crippen molar-refractivity contribution in [3.05, 3.63) is 29.3 Å². The Bertz CT molecular complexity index is 734. The highest BCUT2D eigenvalue weighted by Gasteiger charge is 2.19. The van der Waals surface area contributed by atoms with E-state index in [2.05, 4.69) is 43.8 Å². The van der Waals surface area contributed by atoms with Crippen molar-refractivity contribution in [1.29, 1.82) is 0 Å². The molecule has 6 nitrogen and oxygen atoms in total. The molecule has 0 radical (unpaired) electrons. The molecule has 1 aliphatic heterocycles. The van der Waals surface area contributed by atoms with Crippen LogP contribution in [0.4, 0.5) is 0 Å². The topological polar surface area (TPSA) is 63.5 Å². The standard InChI is InChI=1S/C23H34N2O4/c1-16(2)25(17(3)4)13-20(26)14-29-24-21-8-6-5-7-19(21)11-18-9-10-22-23(12-18)28-15-27-22/h9-12,16-17,20,26H,5-8,13-15H2,1-4H3/b19-11+,24-21+/t20-/m0/s1. The van der Waals surface area contributed by atoms with Gasteiger partial charge in [-0.15, -0.1) is 0 Å². The Morgan fingerprint density at radius 3 is 2.59 bits per heavy atom. The minimum absolute atomic E-state index is 0.205. The van der Waals surface area contributed by atoms with E-state index in [1.807, 2.05) is 18.2 Å². The van der Waals surface area contributed by atoms with Crippen molar-refractivity contribution < 1.29 is 19.4 Å². The average Bonchev–Trinajstić information content (AvgIpc) is 3.15. The van der Waals surface area contributed by atoms with Crippen molar-refractivity contribution in [3.63, 3.8) is 0 Å². The number of nitrogens with zero attached hydrogens (tertiary/aromatic N) is 2. The average molecular weight is 403 g/mol. The van der Waals surface area contributed by atoms with Crippen LogP contribution in [0.3, 0.4) is 0 Å². The van der Waals surface area contributed by atoms with Crippen molar-refractivity contribution in [1.82, 2.24) is 4.90 Å². The molecule has 1 saturated carbocycles. The Kier molecular flexibility index (Phi) is 7.56. The highest BCUT2D eigenvalue weighted by Crippen LogP contribution is 2.34. The van der Waals surface area contributed by atoms with Crippen LogP contribution in [0.2, 0.25) is 0 Å². The molecule has 3 rings (SSSR count). The SMILES string of the molecule is CC(C)N(C[C@H](O)CO/N=C1\CCCC\C1=C/c1ccc2c(c1)OCO2)C(C)C. The summed E-state index contributed by atoms with van der Waals surface area (Å²) in [6, 6.07) is 6.73. The maximum absolute atomic E-state index is 10.4. The van der Waals surface area contributed by atoms with Crippen molar-refractivity contribution in [2.75, 3.05) is 19.9 Å². The van der Waals surface area contributed by atoms with Gasteiger partial charge in [-0.3, -0.25) is 4.90 Å². The smallest absolute Gasteiger partial charge is 0.231 e. The normalized spacial score (nSPS) is 20.3. The van der Waals surface area contributed by atoms with Gasteiger partial charge in [0, 0.05) is 18.6 Å². The Labute approximate surface area is 174 Å². The molecule has 6 heteroatoms. The summed E-state index contributed by atoms with van der Waals surface area (Å²) in [6.45, 7) is 9.64. The third-order valence-corrected chi connectivity index (χ3v) is 5.41. The first-order valence-electron chi connectivity index (χ1n) is 10.7. The molecule has 1 atom stereocenters. The summed E-state index contributed by atoms with van der Waals surface area (Å²) < 4.78 is 10.9. The Morgan fingerprint density at radius 1 is 1.10 bits per heavy atom. The number of rotatable bonds is 8. The number of hydrogen-bond donors (Lipinski definition) is 1. The fourth-order valence-electron chi connectivity index (χ4n) is 3.89. The minimum Gasteiger partial charge on any atom is -0.454 e. The van der Waals surface area contributed by atoms with E-state index in [9.17, 15) is 5.11 Å². The molecule has 0 aromatic heterocycles. The molecule has 1 N–H and O–H groups in total. The van der Waals surface area contributed by atoms with Gasteiger partial charge < -0.3 is 19.4 Å². The van der Waals surface area contributed by atoms with Gasteiger partial charge in [0.1, 0.15) is 12.7 Å². The number of ether oxygens (including phenoxy) is 2. The Balaban J connectivity index is 1.61. The molecule has 0 spiro atoms. The van der Waals surface area contributed by atoms with Crippen LogP contribution in [-0.2, 0) is 4.84 Å². The summed E-state index contributed by atoms with van der Waals surface area (Å²) in [7, 11) is 0. The largest absolute Gasteiger partial charge is 0.454 e. The lowest BCUT2D eigenvalue weighted by Crippen LogP contribution is -2.43. The van der Waals surface area contributed by atoms with Crippen molar-refractivity contribution in [2.45, 2.75) is 71.6 Å². The molecule has 0 unspecified atom stereocenters. The molecule has 160 valence electrons. The van der Waals surface area contributed by atoms with E-state index in [1.165, 1.54) is 5.57 Å². The molecule has 1 fully saturated rings. The molecule has 1 heterocycles. The van der Waals surface area contributed by atoms with E-state index in [0.717, 1.165) is 48.5 Å². The number of allylic oxidation sites excluding steroid dienone is 1. The van der Waals surface area contributed by atoms with E-state index in [1.54, 1.807) is 0 Å². The first-order chi connectivity index (χ1) is 13.9. The van der Waals surface area contributed by atoms with Gasteiger partial charge >= 0.3 is 0 Å². The van der Waals surface area contributed by atoms with Gasteiger partial charge in [-0.25, -0.2) is 0 Å². The molecule has 1 aromatic rings. The molecular formula is C23H34N2O4. The molecule has 1 aromatic carbocycles. The van der Waals surface area contributed by atoms with E-state index < -0.39 is 6.10 Å². The van der Waals surface area contributed by atoms with Gasteiger partial charge in [0.2, 0.25) is 6.79 Å². The van der Waals surface area contributed by atoms with Crippen molar-refractivity contribution >= 4 is 11.8 Å². The number of benzene rings is 1. The molecule has 0 bridgehead atoms. The van der Waals surface area contributed by atoms with Crippen LogP contribution >= 0.6 is 0 Å². The first-order valence-corrected chi connectivity index (χ1v) is 10.7. The number of fused-ring (bicyclic) bond motifs is 1. The zero-order chi connectivity index (χ0) is 20.8. The van der Waals surface area contributed by atoms with Gasteiger partial charge in [-0.2, -0.15) is 0 Å². The monoisotopic (exact) mass is 402 g/mol. The van der Waals surface area contributed by atoms with Gasteiger partial charge in [0.15, 0.2) is 11.5 Å². The van der Waals surface area contributed by atoms with Gasteiger partial charge in [-0.05, 0) is 82.7 Å². The third-order valence-electron chi connectivity index (χ3n) is 5.41. The highest BCUT2D eigenvalue weighted by molar-refractivity contribution is 6.04. The molecule has 0 amide bonds. The highest BCUT2D eigenvalue weighted by atomic mass is 16.7. The summed E-state index contributed by atoms with van der Waals surface area (Å²) in [5.74, 6) is 1.58. The van der Waals surface area contributed by atoms with Crippen LogP contribution in [0.1, 0.15) is 58.9 Å². The summed E-state index contributed by atoms with van der Waals surface area (Å²) in [5.41, 5.74) is 3.24. The summed E-state index contributed by atoms with van der Waals surface area (Å²) in [6.07, 6.45) is 5.73. The number of aliphatic hydroxyl groups excluding tert-OH is 1. The Hall–Kier alpha value is -2.05. The number of hydrogen-bond acceptors (Lipinski definition) is 6. The maximum Gasteiger partial charge on any atom is 0.231 e. The zero-order valence-electron chi connectivity index (χ0n) is 18.1. The lowest BCUT2D eigenvalue weighted by atomic mass is 9.91. The third kappa shape index (κ3) is 5.97. The van der Waals surface area contributed by atoms with E-state index in [-0.39, 0.29) is 13.4 Å². The lowest BCUT2D eigenvalue weighted by Gasteiger charge is -2.32. The van der Waals surface area contributed by atoms with E-state index in [0.29, 0.717) is 18.6 Å². The van der Waals surface area contributed by atoms with Crippen molar-refractivity contribution in [3.8, 4) is 11.5 Å². The second-order valence-corrected chi connectivity index (χ2v) is 8.36. The molecule has 0 saturated heterocycles. The fourth-order valence-corrected chi connectivity index (χ4v) is 3.89. The minimum atomic E-state index is -0.561. The lowest BCUT2D eigenvalue weighted by molar-refractivity contribution is 0.00578. The van der Waals surface area contributed by atoms with Gasteiger partial charge in [0.25, 0.3) is 0 Å². The molecular weight excluding hydrogens is 368 g/mol. The summed E-state index contributed by atoms with van der Waals surface area (Å²) in [4.78, 5) is 7.82. The van der Waals surface area contributed by atoms with Crippen molar-refractivity contribution in [2.24, 2.45) is 5.16 Å². The van der Waals surface area contributed by atoms with Crippen LogP contribution in [0, 0.1) is 0 Å². The van der Waals surface area contributed by atoms with Gasteiger partial charge in [0.05, 0.1) is 5.71 Å². The van der Waals surface area contributed by atoms with Crippen LogP contribution in [0.5, 0.6) is 11.5 Å². The second-order valence-electron chi connectivity index (χ2n) is 8.36. The zero-order valence-corrected chi connectivity index (χ0v) is 18.1. The molecule has 29 heavy (non-hydrogen) atoms. The number of oxime groups is 1. The first kappa shape index (κ1) is 21.7. The van der Waals surface area contributed by atoms with Crippen LogP contribution in [-0.4, -0.2) is 53.9 Å². The maximum atomic E-state index is 10.4. The van der Waals surface area contributed by atoms with E-state index in [4.69, 9.17) is 14.3 Å².